The summed E-state index contributed by atoms with van der Waals surface area (Å²) in [5.41, 5.74) is 0.710. The molecule has 1 aromatic heterocycles. The van der Waals surface area contributed by atoms with E-state index in [4.69, 9.17) is 11.6 Å². The number of rotatable bonds is 4. The summed E-state index contributed by atoms with van der Waals surface area (Å²) in [7, 11) is 0. The number of hydrogen-bond donors (Lipinski definition) is 2. The van der Waals surface area contributed by atoms with Crippen LogP contribution < -0.4 is 10.6 Å². The number of amides is 2. The van der Waals surface area contributed by atoms with E-state index in [1.165, 1.54) is 24.4 Å². The first-order valence-corrected chi connectivity index (χ1v) is 8.47. The fraction of sp³-hybridized carbons (Fsp3) is 0.0500. The monoisotopic (exact) mass is 383 g/mol. The van der Waals surface area contributed by atoms with Gasteiger partial charge in [-0.3, -0.25) is 9.59 Å². The highest BCUT2D eigenvalue weighted by Gasteiger charge is 2.17. The Labute approximate surface area is 160 Å². The fourth-order valence-electron chi connectivity index (χ4n) is 2.40. The van der Waals surface area contributed by atoms with Crippen LogP contribution in [0.2, 0.25) is 5.02 Å². The van der Waals surface area contributed by atoms with Gasteiger partial charge >= 0.3 is 0 Å². The van der Waals surface area contributed by atoms with Gasteiger partial charge in [0.15, 0.2) is 0 Å². The highest BCUT2D eigenvalue weighted by molar-refractivity contribution is 6.30. The molecular weight excluding hydrogens is 369 g/mol. The Morgan fingerprint density at radius 2 is 1.89 bits per heavy atom. The molecule has 0 bridgehead atoms. The molecule has 1 aromatic carbocycles. The molecule has 0 spiro atoms. The molecule has 2 N–H and O–H groups in total. The lowest BCUT2D eigenvalue weighted by atomic mass is 10.1. The molecule has 27 heavy (non-hydrogen) atoms. The van der Waals surface area contributed by atoms with Crippen molar-refractivity contribution < 1.29 is 14.0 Å². The van der Waals surface area contributed by atoms with Gasteiger partial charge < -0.3 is 10.6 Å². The van der Waals surface area contributed by atoms with Gasteiger partial charge in [-0.2, -0.15) is 0 Å². The minimum absolute atomic E-state index is 0.0135. The van der Waals surface area contributed by atoms with Crippen LogP contribution in [0.25, 0.3) is 0 Å². The Morgan fingerprint density at radius 3 is 2.67 bits per heavy atom. The van der Waals surface area contributed by atoms with E-state index < -0.39 is 11.7 Å². The summed E-state index contributed by atoms with van der Waals surface area (Å²) in [4.78, 5) is 29.0. The molecule has 0 atom stereocenters. The third kappa shape index (κ3) is 4.89. The molecule has 2 aromatic rings. The van der Waals surface area contributed by atoms with Crippen molar-refractivity contribution in [3.63, 3.8) is 0 Å². The SMILES string of the molecule is O=C(Nc1ccc(F)cc1C(=O)Nc1ccc(Cl)cn1)C1=CC=CC=CC1. The van der Waals surface area contributed by atoms with Gasteiger partial charge in [0.05, 0.1) is 16.3 Å². The molecule has 136 valence electrons. The molecule has 3 rings (SSSR count). The van der Waals surface area contributed by atoms with Crippen LogP contribution >= 0.6 is 11.6 Å². The third-order valence-corrected chi connectivity index (χ3v) is 3.95. The smallest absolute Gasteiger partial charge is 0.259 e. The predicted molar refractivity (Wildman–Crippen MR) is 103 cm³/mol. The Kier molecular flexibility index (Phi) is 5.78. The second-order valence-corrected chi connectivity index (χ2v) is 6.11. The number of anilines is 2. The molecule has 5 nitrogen and oxygen atoms in total. The van der Waals surface area contributed by atoms with Crippen LogP contribution in [0.5, 0.6) is 0 Å². The number of carbonyl (C=O) groups excluding carboxylic acids is 2. The van der Waals surface area contributed by atoms with Crippen molar-refractivity contribution in [2.24, 2.45) is 0 Å². The van der Waals surface area contributed by atoms with Crippen molar-refractivity contribution in [1.29, 1.82) is 0 Å². The number of nitrogens with zero attached hydrogens (tertiary/aromatic N) is 1. The maximum Gasteiger partial charge on any atom is 0.259 e. The first-order valence-electron chi connectivity index (χ1n) is 8.09. The Bertz CT molecular complexity index is 966. The number of allylic oxidation sites excluding steroid dienone is 5. The van der Waals surface area contributed by atoms with Crippen molar-refractivity contribution in [3.8, 4) is 0 Å². The molecule has 1 aliphatic carbocycles. The average Bonchev–Trinajstić information content (AvgIpc) is 2.94. The van der Waals surface area contributed by atoms with Crippen molar-refractivity contribution in [1.82, 2.24) is 4.98 Å². The molecule has 0 fully saturated rings. The van der Waals surface area contributed by atoms with Crippen molar-refractivity contribution in [2.75, 3.05) is 10.6 Å². The fourth-order valence-corrected chi connectivity index (χ4v) is 2.51. The van der Waals surface area contributed by atoms with E-state index in [0.717, 1.165) is 6.07 Å². The third-order valence-electron chi connectivity index (χ3n) is 3.73. The lowest BCUT2D eigenvalue weighted by molar-refractivity contribution is -0.112. The highest BCUT2D eigenvalue weighted by Crippen LogP contribution is 2.21. The molecule has 0 unspecified atom stereocenters. The second-order valence-electron chi connectivity index (χ2n) is 5.67. The predicted octanol–water partition coefficient (Wildman–Crippen LogP) is 4.51. The van der Waals surface area contributed by atoms with Crippen LogP contribution in [-0.4, -0.2) is 16.8 Å². The lowest BCUT2D eigenvalue weighted by Crippen LogP contribution is -2.20. The van der Waals surface area contributed by atoms with Gasteiger partial charge in [0.1, 0.15) is 11.6 Å². The van der Waals surface area contributed by atoms with Crippen LogP contribution in [0.3, 0.4) is 0 Å². The summed E-state index contributed by atoms with van der Waals surface area (Å²) in [5, 5.41) is 5.64. The minimum atomic E-state index is -0.603. The van der Waals surface area contributed by atoms with Crippen LogP contribution in [0, 0.1) is 5.82 Å². The lowest BCUT2D eigenvalue weighted by Gasteiger charge is -2.12. The summed E-state index contributed by atoms with van der Waals surface area (Å²) in [5.74, 6) is -1.31. The molecule has 1 aliphatic rings. The van der Waals surface area contributed by atoms with Gasteiger partial charge in [-0.15, -0.1) is 0 Å². The van der Waals surface area contributed by atoms with E-state index in [1.807, 2.05) is 18.2 Å². The zero-order valence-corrected chi connectivity index (χ0v) is 14.8. The number of carbonyl (C=O) groups is 2. The summed E-state index contributed by atoms with van der Waals surface area (Å²) < 4.78 is 13.7. The standard InChI is InChI=1S/C20H15ClFN3O2/c21-14-7-10-18(23-12-14)25-20(27)16-11-15(22)8-9-17(16)24-19(26)13-5-3-1-2-4-6-13/h1-5,7-12H,6H2,(H,24,26)(H,23,25,27). The van der Waals surface area contributed by atoms with Crippen LogP contribution in [0.4, 0.5) is 15.9 Å². The Morgan fingerprint density at radius 1 is 1.04 bits per heavy atom. The number of nitrogens with one attached hydrogen (secondary N) is 2. The van der Waals surface area contributed by atoms with Gasteiger partial charge in [0.25, 0.3) is 11.8 Å². The molecule has 1 heterocycles. The van der Waals surface area contributed by atoms with E-state index in [9.17, 15) is 14.0 Å². The summed E-state index contributed by atoms with van der Waals surface area (Å²) in [6.07, 6.45) is 10.8. The molecule has 0 saturated carbocycles. The zero-order valence-electron chi connectivity index (χ0n) is 14.1. The number of pyridine rings is 1. The molecule has 7 heteroatoms. The van der Waals surface area contributed by atoms with Crippen molar-refractivity contribution in [2.45, 2.75) is 6.42 Å². The summed E-state index contributed by atoms with van der Waals surface area (Å²) in [6.45, 7) is 0. The Hall–Kier alpha value is -3.25. The van der Waals surface area contributed by atoms with E-state index in [-0.39, 0.29) is 23.0 Å². The van der Waals surface area contributed by atoms with Crippen LogP contribution in [-0.2, 0) is 4.79 Å². The van der Waals surface area contributed by atoms with Gasteiger partial charge in [0.2, 0.25) is 0 Å². The molecule has 2 amide bonds. The zero-order chi connectivity index (χ0) is 19.2. The minimum Gasteiger partial charge on any atom is -0.321 e. The first kappa shape index (κ1) is 18.5. The number of aromatic nitrogens is 1. The Balaban J connectivity index is 1.82. The van der Waals surface area contributed by atoms with Gasteiger partial charge in [-0.1, -0.05) is 42.0 Å². The largest absolute Gasteiger partial charge is 0.321 e. The van der Waals surface area contributed by atoms with E-state index in [1.54, 1.807) is 18.2 Å². The van der Waals surface area contributed by atoms with Crippen molar-refractivity contribution in [3.05, 3.63) is 88.9 Å². The number of benzene rings is 1. The van der Waals surface area contributed by atoms with Crippen LogP contribution in [0.15, 0.2) is 72.5 Å². The average molecular weight is 384 g/mol. The van der Waals surface area contributed by atoms with Gasteiger partial charge in [0, 0.05) is 11.8 Å². The summed E-state index contributed by atoms with van der Waals surface area (Å²) in [6, 6.07) is 6.67. The summed E-state index contributed by atoms with van der Waals surface area (Å²) >= 11 is 5.77. The molecule has 0 aliphatic heterocycles. The first-order chi connectivity index (χ1) is 13.0. The van der Waals surface area contributed by atoms with Gasteiger partial charge in [-0.05, 0) is 36.8 Å². The van der Waals surface area contributed by atoms with Crippen molar-refractivity contribution >= 4 is 34.9 Å². The van der Waals surface area contributed by atoms with Gasteiger partial charge in [-0.25, -0.2) is 9.37 Å². The molecule has 0 saturated heterocycles. The molecular formula is C20H15ClFN3O2. The van der Waals surface area contributed by atoms with Crippen LogP contribution in [0.1, 0.15) is 16.8 Å². The molecule has 0 radical (unpaired) electrons. The van der Waals surface area contributed by atoms with E-state index in [2.05, 4.69) is 15.6 Å². The highest BCUT2D eigenvalue weighted by atomic mass is 35.5. The second kappa shape index (κ2) is 8.42. The maximum absolute atomic E-state index is 13.7. The number of halogens is 2. The quantitative estimate of drug-likeness (QED) is 0.816. The van der Waals surface area contributed by atoms with E-state index in [0.29, 0.717) is 17.0 Å². The normalized spacial score (nSPS) is 12.9. The maximum atomic E-state index is 13.7. The topological polar surface area (TPSA) is 71.1 Å². The number of hydrogen-bond acceptors (Lipinski definition) is 3. The van der Waals surface area contributed by atoms with E-state index >= 15 is 0 Å².